The Hall–Kier alpha value is -3.65. The Labute approximate surface area is 214 Å². The normalized spacial score (nSPS) is 13.9. The topological polar surface area (TPSA) is 110 Å². The number of benzene rings is 1. The molecule has 1 aromatic carbocycles. The van der Waals surface area contributed by atoms with E-state index in [4.69, 9.17) is 15.1 Å². The van der Waals surface area contributed by atoms with Gasteiger partial charge in [0.1, 0.15) is 21.2 Å². The summed E-state index contributed by atoms with van der Waals surface area (Å²) >= 11 is 1.25. The molecule has 2 amide bonds. The zero-order valence-corrected chi connectivity index (χ0v) is 21.8. The SMILES string of the molecule is Cc1ccc(NC(=O)c2c(C)nc3sc(C(=O)NC4CCCC4)c(N)c3c2-c2ccc(C)o2)c(C)c1. The summed E-state index contributed by atoms with van der Waals surface area (Å²) in [4.78, 5) is 32.6. The van der Waals surface area contributed by atoms with Crippen molar-refractivity contribution >= 4 is 44.7 Å². The lowest BCUT2D eigenvalue weighted by Crippen LogP contribution is -2.32. The van der Waals surface area contributed by atoms with E-state index in [1.807, 2.05) is 51.1 Å². The van der Waals surface area contributed by atoms with Gasteiger partial charge in [-0.25, -0.2) is 4.98 Å². The summed E-state index contributed by atoms with van der Waals surface area (Å²) in [6.45, 7) is 7.61. The molecule has 1 aliphatic rings. The van der Waals surface area contributed by atoms with E-state index >= 15 is 0 Å². The quantitative estimate of drug-likeness (QED) is 0.297. The van der Waals surface area contributed by atoms with Gasteiger partial charge in [-0.2, -0.15) is 0 Å². The van der Waals surface area contributed by atoms with Crippen LogP contribution in [-0.4, -0.2) is 22.8 Å². The molecule has 0 spiro atoms. The molecule has 8 heteroatoms. The number of pyridine rings is 1. The van der Waals surface area contributed by atoms with Gasteiger partial charge in [0.2, 0.25) is 0 Å². The van der Waals surface area contributed by atoms with Crippen molar-refractivity contribution in [3.8, 4) is 11.3 Å². The molecule has 1 saturated carbocycles. The van der Waals surface area contributed by atoms with E-state index in [0.717, 1.165) is 42.5 Å². The second-order valence-electron chi connectivity index (χ2n) is 9.61. The number of nitrogen functional groups attached to an aromatic ring is 1. The highest BCUT2D eigenvalue weighted by Gasteiger charge is 2.29. The number of nitrogens with two attached hydrogens (primary N) is 1. The van der Waals surface area contributed by atoms with E-state index in [1.54, 1.807) is 6.92 Å². The monoisotopic (exact) mass is 502 g/mol. The van der Waals surface area contributed by atoms with Crippen LogP contribution in [0.25, 0.3) is 21.5 Å². The fraction of sp³-hybridized carbons (Fsp3) is 0.321. The number of hydrogen-bond acceptors (Lipinski definition) is 6. The number of aromatic nitrogens is 1. The number of thiophene rings is 1. The molecule has 1 fully saturated rings. The van der Waals surface area contributed by atoms with E-state index in [0.29, 0.717) is 49.1 Å². The molecule has 3 heterocycles. The second kappa shape index (κ2) is 9.43. The second-order valence-corrected chi connectivity index (χ2v) is 10.6. The van der Waals surface area contributed by atoms with Crippen LogP contribution < -0.4 is 16.4 Å². The van der Waals surface area contributed by atoms with Crippen molar-refractivity contribution in [3.63, 3.8) is 0 Å². The summed E-state index contributed by atoms with van der Waals surface area (Å²) in [6.07, 6.45) is 4.20. The molecule has 1 aliphatic carbocycles. The third-order valence-electron chi connectivity index (χ3n) is 6.80. The van der Waals surface area contributed by atoms with Gasteiger partial charge in [0, 0.05) is 22.7 Å². The van der Waals surface area contributed by atoms with Crippen LogP contribution in [0.4, 0.5) is 11.4 Å². The molecule has 7 nitrogen and oxygen atoms in total. The standard InChI is InChI=1S/C28H30N4O3S/c1-14-9-11-19(15(2)13-14)32-26(33)21-17(4)30-28-23(22(21)20-12-10-16(3)35-20)24(29)25(36-28)27(34)31-18-7-5-6-8-18/h9-13,18H,5-8,29H2,1-4H3,(H,31,34)(H,32,33). The summed E-state index contributed by atoms with van der Waals surface area (Å²) in [6, 6.07) is 9.71. The highest BCUT2D eigenvalue weighted by atomic mass is 32.1. The molecule has 5 rings (SSSR count). The smallest absolute Gasteiger partial charge is 0.263 e. The first-order valence-electron chi connectivity index (χ1n) is 12.2. The van der Waals surface area contributed by atoms with Crippen LogP contribution in [0.5, 0.6) is 0 Å². The predicted molar refractivity (Wildman–Crippen MR) is 145 cm³/mol. The molecule has 0 radical (unpaired) electrons. The van der Waals surface area contributed by atoms with E-state index < -0.39 is 0 Å². The number of hydrogen-bond donors (Lipinski definition) is 3. The zero-order chi connectivity index (χ0) is 25.6. The van der Waals surface area contributed by atoms with Crippen LogP contribution in [0, 0.1) is 27.7 Å². The predicted octanol–water partition coefficient (Wildman–Crippen LogP) is 6.30. The highest BCUT2D eigenvalue weighted by molar-refractivity contribution is 7.21. The van der Waals surface area contributed by atoms with E-state index in [9.17, 15) is 9.59 Å². The molecule has 36 heavy (non-hydrogen) atoms. The minimum absolute atomic E-state index is 0.170. The number of amides is 2. The third kappa shape index (κ3) is 4.37. The van der Waals surface area contributed by atoms with Crippen molar-refractivity contribution in [2.75, 3.05) is 11.1 Å². The fourth-order valence-electron chi connectivity index (χ4n) is 4.99. The molecule has 4 N–H and O–H groups in total. The summed E-state index contributed by atoms with van der Waals surface area (Å²) in [5.41, 5.74) is 11.2. The number of rotatable bonds is 5. The maximum atomic E-state index is 13.7. The van der Waals surface area contributed by atoms with E-state index in [2.05, 4.69) is 10.6 Å². The summed E-state index contributed by atoms with van der Waals surface area (Å²) < 4.78 is 5.99. The van der Waals surface area contributed by atoms with Crippen LogP contribution in [0.3, 0.4) is 0 Å². The van der Waals surface area contributed by atoms with Gasteiger partial charge < -0.3 is 20.8 Å². The number of nitrogens with zero attached hydrogens (tertiary/aromatic N) is 1. The minimum atomic E-state index is -0.305. The lowest BCUT2D eigenvalue weighted by Gasteiger charge is -2.15. The first-order chi connectivity index (χ1) is 17.2. The summed E-state index contributed by atoms with van der Waals surface area (Å²) in [5.74, 6) is 0.728. The molecule has 4 aromatic rings. The molecule has 0 aliphatic heterocycles. The van der Waals surface area contributed by atoms with Gasteiger partial charge in [0.15, 0.2) is 0 Å². The Balaban J connectivity index is 1.65. The van der Waals surface area contributed by atoms with E-state index in [-0.39, 0.29) is 17.9 Å². The number of aryl methyl sites for hydroxylation is 4. The number of anilines is 2. The number of nitrogens with one attached hydrogen (secondary N) is 2. The maximum absolute atomic E-state index is 13.7. The molecule has 0 bridgehead atoms. The van der Waals surface area contributed by atoms with Crippen molar-refractivity contribution in [1.82, 2.24) is 10.3 Å². The summed E-state index contributed by atoms with van der Waals surface area (Å²) in [5, 5.41) is 6.72. The van der Waals surface area contributed by atoms with Crippen LogP contribution in [0.2, 0.25) is 0 Å². The molecule has 186 valence electrons. The van der Waals surface area contributed by atoms with Gasteiger partial charge in [-0.05, 0) is 64.3 Å². The average Bonchev–Trinajstić information content (AvgIpc) is 3.56. The van der Waals surface area contributed by atoms with Crippen molar-refractivity contribution in [2.45, 2.75) is 59.4 Å². The highest BCUT2D eigenvalue weighted by Crippen LogP contribution is 2.43. The van der Waals surface area contributed by atoms with Gasteiger partial charge >= 0.3 is 0 Å². The fourth-order valence-corrected chi connectivity index (χ4v) is 6.04. The Morgan fingerprint density at radius 3 is 2.47 bits per heavy atom. The molecule has 0 saturated heterocycles. The Kier molecular flexibility index (Phi) is 6.30. The molecule has 0 atom stereocenters. The first-order valence-corrected chi connectivity index (χ1v) is 13.0. The van der Waals surface area contributed by atoms with Gasteiger partial charge in [0.05, 0.1) is 16.9 Å². The van der Waals surface area contributed by atoms with Crippen LogP contribution in [0.15, 0.2) is 34.7 Å². The van der Waals surface area contributed by atoms with Crippen LogP contribution in [0.1, 0.15) is 68.3 Å². The van der Waals surface area contributed by atoms with E-state index in [1.165, 1.54) is 11.3 Å². The van der Waals surface area contributed by atoms with Crippen LogP contribution >= 0.6 is 11.3 Å². The average molecular weight is 503 g/mol. The largest absolute Gasteiger partial charge is 0.461 e. The van der Waals surface area contributed by atoms with Gasteiger partial charge in [-0.3, -0.25) is 9.59 Å². The number of fused-ring (bicyclic) bond motifs is 1. The number of carbonyl (C=O) groups excluding carboxylic acids is 2. The lowest BCUT2D eigenvalue weighted by molar-refractivity contribution is 0.0942. The Bertz CT molecular complexity index is 1490. The van der Waals surface area contributed by atoms with Gasteiger partial charge in [0.25, 0.3) is 11.8 Å². The van der Waals surface area contributed by atoms with Crippen molar-refractivity contribution in [1.29, 1.82) is 0 Å². The number of furan rings is 1. The third-order valence-corrected chi connectivity index (χ3v) is 7.90. The number of carbonyl (C=O) groups is 2. The maximum Gasteiger partial charge on any atom is 0.263 e. The van der Waals surface area contributed by atoms with Crippen molar-refractivity contribution < 1.29 is 14.0 Å². The van der Waals surface area contributed by atoms with Crippen molar-refractivity contribution in [2.24, 2.45) is 0 Å². The molecule has 3 aromatic heterocycles. The van der Waals surface area contributed by atoms with Crippen LogP contribution in [-0.2, 0) is 0 Å². The van der Waals surface area contributed by atoms with Gasteiger partial charge in [-0.1, -0.05) is 30.5 Å². The Morgan fingerprint density at radius 1 is 1.06 bits per heavy atom. The lowest BCUT2D eigenvalue weighted by atomic mass is 9.99. The zero-order valence-electron chi connectivity index (χ0n) is 21.0. The Morgan fingerprint density at radius 2 is 1.81 bits per heavy atom. The summed E-state index contributed by atoms with van der Waals surface area (Å²) in [7, 11) is 0. The minimum Gasteiger partial charge on any atom is -0.461 e. The molecule has 0 unspecified atom stereocenters. The first kappa shape index (κ1) is 24.1. The van der Waals surface area contributed by atoms with Gasteiger partial charge in [-0.15, -0.1) is 11.3 Å². The molecular weight excluding hydrogens is 472 g/mol. The van der Waals surface area contributed by atoms with Crippen molar-refractivity contribution in [3.05, 3.63) is 63.4 Å². The molecular formula is C28H30N4O3S.